The number of hydrogen-bond donors (Lipinski definition) is 0. The lowest BCUT2D eigenvalue weighted by atomic mass is 9.84. The Hall–Kier alpha value is 0.280. The first-order valence-corrected chi connectivity index (χ1v) is 6.94. The maximum atomic E-state index is 6.03. The molecule has 0 aromatic heterocycles. The summed E-state index contributed by atoms with van der Waals surface area (Å²) < 4.78 is 0. The zero-order valence-corrected chi connectivity index (χ0v) is 11.4. The lowest BCUT2D eigenvalue weighted by molar-refractivity contribution is 0.461. The van der Waals surface area contributed by atoms with Crippen LogP contribution in [-0.4, -0.2) is 4.83 Å². The van der Waals surface area contributed by atoms with E-state index in [2.05, 4.69) is 22.0 Å². The molecule has 0 bridgehead atoms. The lowest BCUT2D eigenvalue weighted by Crippen LogP contribution is -2.17. The van der Waals surface area contributed by atoms with Crippen LogP contribution < -0.4 is 0 Å². The zero-order valence-electron chi connectivity index (χ0n) is 8.35. The summed E-state index contributed by atoms with van der Waals surface area (Å²) >= 11 is 15.7. The van der Waals surface area contributed by atoms with Crippen LogP contribution in [0, 0.1) is 0 Å². The van der Waals surface area contributed by atoms with Gasteiger partial charge >= 0.3 is 0 Å². The highest BCUT2D eigenvalue weighted by Gasteiger charge is 2.24. The van der Waals surface area contributed by atoms with E-state index < -0.39 is 0 Å². The monoisotopic (exact) mass is 306 g/mol. The van der Waals surface area contributed by atoms with Crippen molar-refractivity contribution in [2.75, 3.05) is 0 Å². The van der Waals surface area contributed by atoms with E-state index >= 15 is 0 Å². The van der Waals surface area contributed by atoms with Crippen molar-refractivity contribution in [3.8, 4) is 0 Å². The van der Waals surface area contributed by atoms with E-state index in [0.717, 1.165) is 0 Å². The summed E-state index contributed by atoms with van der Waals surface area (Å²) in [5.41, 5.74) is 1.31. The van der Waals surface area contributed by atoms with Gasteiger partial charge in [0.15, 0.2) is 0 Å². The Balaban J connectivity index is 2.24. The number of hydrogen-bond acceptors (Lipinski definition) is 0. The Morgan fingerprint density at radius 2 is 1.80 bits per heavy atom. The van der Waals surface area contributed by atoms with E-state index in [1.54, 1.807) is 0 Å². The van der Waals surface area contributed by atoms with E-state index in [9.17, 15) is 0 Å². The van der Waals surface area contributed by atoms with Gasteiger partial charge in [0.2, 0.25) is 0 Å². The second kappa shape index (κ2) is 5.07. The Bertz CT molecular complexity index is 351. The molecule has 1 saturated carbocycles. The van der Waals surface area contributed by atoms with Gasteiger partial charge in [-0.15, -0.1) is 0 Å². The van der Waals surface area contributed by atoms with E-state index in [1.807, 2.05) is 12.1 Å². The molecule has 3 heteroatoms. The topological polar surface area (TPSA) is 0 Å². The van der Waals surface area contributed by atoms with Gasteiger partial charge in [-0.1, -0.05) is 58.0 Å². The van der Waals surface area contributed by atoms with Crippen LogP contribution in [-0.2, 0) is 0 Å². The lowest BCUT2D eigenvalue weighted by Gasteiger charge is -2.27. The third-order valence-electron chi connectivity index (χ3n) is 3.05. The highest BCUT2D eigenvalue weighted by molar-refractivity contribution is 9.09. The summed E-state index contributed by atoms with van der Waals surface area (Å²) in [5.74, 6) is 0.591. The SMILES string of the molecule is Clc1ccc(C2CCCCC2Br)cc1Cl. The number of alkyl halides is 1. The molecular formula is C12H13BrCl2. The zero-order chi connectivity index (χ0) is 10.8. The molecule has 2 atom stereocenters. The van der Waals surface area contributed by atoms with Gasteiger partial charge in [0.25, 0.3) is 0 Å². The molecule has 1 aliphatic rings. The summed E-state index contributed by atoms with van der Waals surface area (Å²) in [4.78, 5) is 0.587. The van der Waals surface area contributed by atoms with Gasteiger partial charge in [0.1, 0.15) is 0 Å². The Morgan fingerprint density at radius 3 is 2.47 bits per heavy atom. The largest absolute Gasteiger partial charge is 0.0884 e. The van der Waals surface area contributed by atoms with Crippen molar-refractivity contribution < 1.29 is 0 Å². The van der Waals surface area contributed by atoms with Crippen molar-refractivity contribution in [3.05, 3.63) is 33.8 Å². The molecular weight excluding hydrogens is 295 g/mol. The highest BCUT2D eigenvalue weighted by atomic mass is 79.9. The fourth-order valence-electron chi connectivity index (χ4n) is 2.20. The molecule has 1 aromatic carbocycles. The van der Waals surface area contributed by atoms with Gasteiger partial charge in [0, 0.05) is 4.83 Å². The summed E-state index contributed by atoms with van der Waals surface area (Å²) in [5, 5.41) is 1.31. The van der Waals surface area contributed by atoms with Crippen LogP contribution in [0.4, 0.5) is 0 Å². The molecule has 0 aliphatic heterocycles. The first-order chi connectivity index (χ1) is 7.18. The van der Waals surface area contributed by atoms with Gasteiger partial charge in [-0.25, -0.2) is 0 Å². The second-order valence-corrected chi connectivity index (χ2v) is 6.07. The molecule has 0 nitrogen and oxygen atoms in total. The molecule has 15 heavy (non-hydrogen) atoms. The van der Waals surface area contributed by atoms with Crippen molar-refractivity contribution in [2.24, 2.45) is 0 Å². The first kappa shape index (κ1) is 11.8. The fraction of sp³-hybridized carbons (Fsp3) is 0.500. The molecule has 82 valence electrons. The van der Waals surface area contributed by atoms with Gasteiger partial charge in [-0.05, 0) is 36.5 Å². The van der Waals surface area contributed by atoms with Crippen molar-refractivity contribution in [1.29, 1.82) is 0 Å². The van der Waals surface area contributed by atoms with E-state index in [-0.39, 0.29) is 0 Å². The van der Waals surface area contributed by atoms with Crippen LogP contribution in [0.25, 0.3) is 0 Å². The minimum Gasteiger partial charge on any atom is -0.0884 e. The van der Waals surface area contributed by atoms with Gasteiger partial charge in [-0.2, -0.15) is 0 Å². The first-order valence-electron chi connectivity index (χ1n) is 5.27. The van der Waals surface area contributed by atoms with E-state index in [1.165, 1.54) is 31.2 Å². The Morgan fingerprint density at radius 1 is 1.07 bits per heavy atom. The molecule has 0 saturated heterocycles. The Kier molecular flexibility index (Phi) is 3.98. The molecule has 0 radical (unpaired) electrons. The highest BCUT2D eigenvalue weighted by Crippen LogP contribution is 2.39. The average Bonchev–Trinajstić information content (AvgIpc) is 2.23. The maximum Gasteiger partial charge on any atom is 0.0595 e. The normalized spacial score (nSPS) is 26.6. The van der Waals surface area contributed by atoms with Crippen LogP contribution in [0.5, 0.6) is 0 Å². The van der Waals surface area contributed by atoms with Crippen LogP contribution in [0.1, 0.15) is 37.2 Å². The molecule has 0 spiro atoms. The smallest absolute Gasteiger partial charge is 0.0595 e. The third-order valence-corrected chi connectivity index (χ3v) is 4.89. The summed E-state index contributed by atoms with van der Waals surface area (Å²) in [6, 6.07) is 6.00. The molecule has 1 fully saturated rings. The minimum atomic E-state index is 0.587. The third kappa shape index (κ3) is 2.69. The van der Waals surface area contributed by atoms with Crippen LogP contribution in [0.2, 0.25) is 10.0 Å². The van der Waals surface area contributed by atoms with Crippen molar-refractivity contribution in [1.82, 2.24) is 0 Å². The number of rotatable bonds is 1. The number of benzene rings is 1. The van der Waals surface area contributed by atoms with Crippen molar-refractivity contribution in [3.63, 3.8) is 0 Å². The Labute approximate surface area is 109 Å². The maximum absolute atomic E-state index is 6.03. The molecule has 0 heterocycles. The predicted octanol–water partition coefficient (Wildman–Crippen LogP) is 5.41. The molecule has 0 N–H and O–H groups in total. The molecule has 1 aromatic rings. The van der Waals surface area contributed by atoms with E-state index in [0.29, 0.717) is 20.8 Å². The van der Waals surface area contributed by atoms with Gasteiger partial charge in [0.05, 0.1) is 10.0 Å². The fourth-order valence-corrected chi connectivity index (χ4v) is 3.40. The molecule has 2 rings (SSSR count). The quantitative estimate of drug-likeness (QED) is 0.608. The van der Waals surface area contributed by atoms with E-state index in [4.69, 9.17) is 23.2 Å². The number of halogens is 3. The molecule has 2 unspecified atom stereocenters. The summed E-state index contributed by atoms with van der Waals surface area (Å²) in [6.45, 7) is 0. The standard InChI is InChI=1S/C12H13BrCl2/c13-10-4-2-1-3-9(10)8-5-6-11(14)12(15)7-8/h5-7,9-10H,1-4H2. The predicted molar refractivity (Wildman–Crippen MR) is 70.4 cm³/mol. The van der Waals surface area contributed by atoms with Crippen LogP contribution in [0.15, 0.2) is 18.2 Å². The summed E-state index contributed by atoms with van der Waals surface area (Å²) in [7, 11) is 0. The molecule has 1 aliphatic carbocycles. The van der Waals surface area contributed by atoms with Crippen LogP contribution in [0.3, 0.4) is 0 Å². The van der Waals surface area contributed by atoms with Crippen molar-refractivity contribution >= 4 is 39.1 Å². The van der Waals surface area contributed by atoms with Gasteiger partial charge < -0.3 is 0 Å². The van der Waals surface area contributed by atoms with Crippen LogP contribution >= 0.6 is 39.1 Å². The van der Waals surface area contributed by atoms with Crippen molar-refractivity contribution in [2.45, 2.75) is 36.4 Å². The summed E-state index contributed by atoms with van der Waals surface area (Å²) in [6.07, 6.45) is 5.14. The average molecular weight is 308 g/mol. The van der Waals surface area contributed by atoms with Gasteiger partial charge in [-0.3, -0.25) is 0 Å². The second-order valence-electron chi connectivity index (χ2n) is 4.08. The minimum absolute atomic E-state index is 0.587. The molecule has 0 amide bonds.